The number of allylic oxidation sites excluding steroid dienone is 2. The molecule has 4 rings (SSSR count). The van der Waals surface area contributed by atoms with E-state index in [0.29, 0.717) is 12.8 Å². The second-order valence-electron chi connectivity index (χ2n) is 8.13. The van der Waals surface area contributed by atoms with Crippen molar-refractivity contribution in [2.45, 2.75) is 39.0 Å². The molecule has 2 aromatic carbocycles. The van der Waals surface area contributed by atoms with Gasteiger partial charge in [-0.2, -0.15) is 0 Å². The van der Waals surface area contributed by atoms with E-state index in [1.54, 1.807) is 0 Å². The van der Waals surface area contributed by atoms with Gasteiger partial charge in [0.1, 0.15) is 0 Å². The van der Waals surface area contributed by atoms with Crippen LogP contribution in [0.1, 0.15) is 44.6 Å². The van der Waals surface area contributed by atoms with Crippen molar-refractivity contribution in [3.05, 3.63) is 71.4 Å². The van der Waals surface area contributed by atoms with Gasteiger partial charge >= 0.3 is 0 Å². The number of nitrogens with one attached hydrogen (secondary N) is 1. The van der Waals surface area contributed by atoms with Gasteiger partial charge in [0, 0.05) is 30.0 Å². The third kappa shape index (κ3) is 3.10. The Morgan fingerprint density at radius 1 is 0.885 bits per heavy atom. The Balaban J connectivity index is 1.70. The molecule has 1 amide bonds. The van der Waals surface area contributed by atoms with Crippen LogP contribution in [0.2, 0.25) is 0 Å². The average molecular weight is 345 g/mol. The molecule has 3 heteroatoms. The van der Waals surface area contributed by atoms with Crippen LogP contribution in [-0.2, 0) is 9.59 Å². The highest BCUT2D eigenvalue weighted by molar-refractivity contribution is 6.02. The summed E-state index contributed by atoms with van der Waals surface area (Å²) in [6.07, 6.45) is 1.63. The van der Waals surface area contributed by atoms with Crippen LogP contribution in [0.5, 0.6) is 0 Å². The molecule has 132 valence electrons. The highest BCUT2D eigenvalue weighted by Crippen LogP contribution is 2.44. The van der Waals surface area contributed by atoms with Gasteiger partial charge in [-0.05, 0) is 28.5 Å². The highest BCUT2D eigenvalue weighted by Gasteiger charge is 2.40. The Bertz CT molecular complexity index is 892. The van der Waals surface area contributed by atoms with E-state index in [2.05, 4.69) is 55.6 Å². The minimum atomic E-state index is -0.132. The first-order valence-electron chi connectivity index (χ1n) is 9.14. The third-order valence-corrected chi connectivity index (χ3v) is 5.37. The van der Waals surface area contributed by atoms with Gasteiger partial charge in [0.25, 0.3) is 0 Å². The molecule has 0 saturated heterocycles. The fourth-order valence-corrected chi connectivity index (χ4v) is 4.18. The van der Waals surface area contributed by atoms with Crippen LogP contribution in [0.4, 0.5) is 0 Å². The van der Waals surface area contributed by atoms with Crippen molar-refractivity contribution < 1.29 is 9.59 Å². The van der Waals surface area contributed by atoms with E-state index in [-0.39, 0.29) is 23.0 Å². The Hall–Kier alpha value is -2.68. The Labute approximate surface area is 154 Å². The van der Waals surface area contributed by atoms with Crippen LogP contribution >= 0.6 is 0 Å². The van der Waals surface area contributed by atoms with Gasteiger partial charge in [0.2, 0.25) is 5.91 Å². The van der Waals surface area contributed by atoms with Crippen LogP contribution in [0.25, 0.3) is 11.1 Å². The lowest BCUT2D eigenvalue weighted by molar-refractivity contribution is -0.122. The third-order valence-electron chi connectivity index (χ3n) is 5.37. The molecule has 0 spiro atoms. The number of hydrogen-bond acceptors (Lipinski definition) is 2. The minimum Gasteiger partial charge on any atom is -0.329 e. The highest BCUT2D eigenvalue weighted by atomic mass is 16.2. The molecule has 2 aliphatic rings. The van der Waals surface area contributed by atoms with E-state index in [4.69, 9.17) is 0 Å². The fourth-order valence-electron chi connectivity index (χ4n) is 4.18. The molecule has 26 heavy (non-hydrogen) atoms. The molecule has 1 aliphatic carbocycles. The molecule has 1 aliphatic heterocycles. The van der Waals surface area contributed by atoms with Crippen LogP contribution in [0.15, 0.2) is 65.9 Å². The number of rotatable bonds is 2. The summed E-state index contributed by atoms with van der Waals surface area (Å²) in [5.41, 5.74) is 4.90. The van der Waals surface area contributed by atoms with E-state index in [9.17, 15) is 9.59 Å². The zero-order valence-corrected chi connectivity index (χ0v) is 15.2. The van der Waals surface area contributed by atoms with E-state index in [0.717, 1.165) is 34.4 Å². The first kappa shape index (κ1) is 16.8. The molecule has 1 N–H and O–H groups in total. The van der Waals surface area contributed by atoms with Crippen LogP contribution in [0.3, 0.4) is 0 Å². The second-order valence-corrected chi connectivity index (χ2v) is 8.13. The predicted octanol–water partition coefficient (Wildman–Crippen LogP) is 4.60. The van der Waals surface area contributed by atoms with Crippen molar-refractivity contribution >= 4 is 11.7 Å². The number of benzene rings is 2. The van der Waals surface area contributed by atoms with Crippen molar-refractivity contribution in [1.82, 2.24) is 5.32 Å². The molecule has 1 atom stereocenters. The number of hydrogen-bond donors (Lipinski definition) is 1. The van der Waals surface area contributed by atoms with Gasteiger partial charge in [0.05, 0.1) is 0 Å². The lowest BCUT2D eigenvalue weighted by atomic mass is 9.70. The molecule has 0 saturated carbocycles. The molecule has 0 radical (unpaired) electrons. The van der Waals surface area contributed by atoms with Gasteiger partial charge in [-0.3, -0.25) is 9.59 Å². The van der Waals surface area contributed by atoms with Crippen LogP contribution in [-0.4, -0.2) is 11.7 Å². The minimum absolute atomic E-state index is 0.00591. The van der Waals surface area contributed by atoms with Gasteiger partial charge in [-0.25, -0.2) is 0 Å². The standard InChI is InChI=1S/C23H23NO2/c1-23(2)13-19-22(20(25)14-23)18(12-21(26)24-19)17-10-8-16(9-11-17)15-6-4-3-5-7-15/h3-11,18H,12-14H2,1-2H3,(H,24,26)/t18-/m0/s1. The summed E-state index contributed by atoms with van der Waals surface area (Å²) in [5.74, 6) is 0.0481. The molecular formula is C23H23NO2. The number of carbonyl (C=O) groups is 2. The Kier molecular flexibility index (Phi) is 4.03. The molecule has 0 fully saturated rings. The maximum absolute atomic E-state index is 12.8. The van der Waals surface area contributed by atoms with E-state index in [1.807, 2.05) is 18.2 Å². The quantitative estimate of drug-likeness (QED) is 0.864. The smallest absolute Gasteiger partial charge is 0.225 e. The summed E-state index contributed by atoms with van der Waals surface area (Å²) >= 11 is 0. The van der Waals surface area contributed by atoms with Crippen molar-refractivity contribution in [3.63, 3.8) is 0 Å². The normalized spacial score (nSPS) is 22.0. The summed E-state index contributed by atoms with van der Waals surface area (Å²) < 4.78 is 0. The SMILES string of the molecule is CC1(C)CC(=O)C2=C(C1)NC(=O)C[C@H]2c1ccc(-c2ccccc2)cc1. The average Bonchev–Trinajstić information content (AvgIpc) is 2.60. The number of ketones is 1. The summed E-state index contributed by atoms with van der Waals surface area (Å²) in [6.45, 7) is 4.16. The Morgan fingerprint density at radius 3 is 2.23 bits per heavy atom. The molecule has 0 unspecified atom stereocenters. The van der Waals surface area contributed by atoms with Gasteiger partial charge in [-0.1, -0.05) is 68.4 Å². The zero-order valence-electron chi connectivity index (χ0n) is 15.2. The summed E-state index contributed by atoms with van der Waals surface area (Å²) in [7, 11) is 0. The predicted molar refractivity (Wildman–Crippen MR) is 102 cm³/mol. The molecule has 1 heterocycles. The van der Waals surface area contributed by atoms with Crippen molar-refractivity contribution in [1.29, 1.82) is 0 Å². The van der Waals surface area contributed by atoms with E-state index in [1.165, 1.54) is 0 Å². The maximum atomic E-state index is 12.8. The molecule has 3 nitrogen and oxygen atoms in total. The number of amides is 1. The molecule has 2 aromatic rings. The molecule has 0 bridgehead atoms. The summed E-state index contributed by atoms with van der Waals surface area (Å²) in [6, 6.07) is 18.5. The number of carbonyl (C=O) groups excluding carboxylic acids is 2. The molecular weight excluding hydrogens is 322 g/mol. The van der Waals surface area contributed by atoms with Gasteiger partial charge in [0.15, 0.2) is 5.78 Å². The monoisotopic (exact) mass is 345 g/mol. The van der Waals surface area contributed by atoms with Crippen LogP contribution < -0.4 is 5.32 Å². The van der Waals surface area contributed by atoms with E-state index < -0.39 is 0 Å². The largest absolute Gasteiger partial charge is 0.329 e. The first-order valence-corrected chi connectivity index (χ1v) is 9.14. The zero-order chi connectivity index (χ0) is 18.3. The van der Waals surface area contributed by atoms with Gasteiger partial charge < -0.3 is 5.32 Å². The number of Topliss-reactive ketones (excluding diaryl/α,β-unsaturated/α-hetero) is 1. The van der Waals surface area contributed by atoms with Crippen molar-refractivity contribution in [2.24, 2.45) is 5.41 Å². The lowest BCUT2D eigenvalue weighted by Crippen LogP contribution is -2.40. The van der Waals surface area contributed by atoms with E-state index >= 15 is 0 Å². The van der Waals surface area contributed by atoms with Crippen molar-refractivity contribution in [3.8, 4) is 11.1 Å². The van der Waals surface area contributed by atoms with Crippen LogP contribution in [0, 0.1) is 5.41 Å². The fraction of sp³-hybridized carbons (Fsp3) is 0.304. The Morgan fingerprint density at radius 2 is 1.54 bits per heavy atom. The van der Waals surface area contributed by atoms with Crippen molar-refractivity contribution in [2.75, 3.05) is 0 Å². The topological polar surface area (TPSA) is 46.2 Å². The summed E-state index contributed by atoms with van der Waals surface area (Å²) in [5, 5.41) is 2.96. The molecule has 0 aromatic heterocycles. The maximum Gasteiger partial charge on any atom is 0.225 e. The second kappa shape index (κ2) is 6.24. The first-order chi connectivity index (χ1) is 12.4. The van der Waals surface area contributed by atoms with Gasteiger partial charge in [-0.15, -0.1) is 0 Å². The lowest BCUT2D eigenvalue weighted by Gasteiger charge is -2.37. The summed E-state index contributed by atoms with van der Waals surface area (Å²) in [4.78, 5) is 25.1.